The van der Waals surface area contributed by atoms with Crippen molar-refractivity contribution in [3.8, 4) is 0 Å². The Morgan fingerprint density at radius 2 is 1.64 bits per heavy atom. The van der Waals surface area contributed by atoms with Crippen molar-refractivity contribution in [1.29, 1.82) is 0 Å². The average Bonchev–Trinajstić information content (AvgIpc) is 1.77. The van der Waals surface area contributed by atoms with Crippen LogP contribution in [0.4, 0.5) is 0 Å². The van der Waals surface area contributed by atoms with Crippen LogP contribution >= 0.6 is 11.2 Å². The molecule has 0 radical (unpaired) electrons. The van der Waals surface area contributed by atoms with Crippen LogP contribution < -0.4 is 0 Å². The summed E-state index contributed by atoms with van der Waals surface area (Å²) in [6.45, 7) is 16.4. The highest BCUT2D eigenvalue weighted by Crippen LogP contribution is 2.33. The largest absolute Gasteiger partial charge is 0.156 e. The van der Waals surface area contributed by atoms with Gasteiger partial charge in [-0.1, -0.05) is 53.4 Å². The molecular weight excluding hydrogens is 204 g/mol. The number of hydrogen-bond donors (Lipinski definition) is 0. The second kappa shape index (κ2) is 6.01. The smallest absolute Gasteiger partial charge is 0.114 e. The maximum absolute atomic E-state index is 2.45. The molecule has 84 valence electrons. The van der Waals surface area contributed by atoms with E-state index in [1.807, 2.05) is 0 Å². The van der Waals surface area contributed by atoms with E-state index in [0.29, 0.717) is 5.92 Å². The molecule has 0 spiro atoms. The minimum absolute atomic E-state index is 0.688. The lowest BCUT2D eigenvalue weighted by atomic mass is 10.1. The molecule has 0 saturated carbocycles. The Morgan fingerprint density at radius 3 is 1.93 bits per heavy atom. The van der Waals surface area contributed by atoms with Crippen LogP contribution in [0.15, 0.2) is 11.0 Å². The highest BCUT2D eigenvalue weighted by Gasteiger charge is 2.17. The minimum atomic E-state index is -1.01. The predicted molar refractivity (Wildman–Crippen MR) is 73.3 cm³/mol. The van der Waals surface area contributed by atoms with E-state index in [9.17, 15) is 0 Å². The lowest BCUT2D eigenvalue weighted by molar-refractivity contribution is 0.653. The first-order chi connectivity index (χ1) is 6.20. The highest BCUT2D eigenvalue weighted by molar-refractivity contribution is 8.31. The molecule has 0 bridgehead atoms. The molecule has 2 heteroatoms. The van der Waals surface area contributed by atoms with E-state index >= 15 is 0 Å². The Kier molecular flexibility index (Phi) is 6.15. The standard InChI is InChI=1S/C12H26SSi/c1-10(2)8-12(9-11(3)4)13-14(5,6)7/h8,10-11H,9H2,1-7H3/b12-8-. The summed E-state index contributed by atoms with van der Waals surface area (Å²) < 4.78 is 0. The average molecular weight is 230 g/mol. The van der Waals surface area contributed by atoms with Crippen LogP contribution in [0.2, 0.25) is 19.6 Å². The fraction of sp³-hybridized carbons (Fsp3) is 0.833. The van der Waals surface area contributed by atoms with Crippen molar-refractivity contribution in [3.63, 3.8) is 0 Å². The van der Waals surface area contributed by atoms with E-state index in [4.69, 9.17) is 0 Å². The van der Waals surface area contributed by atoms with E-state index < -0.39 is 7.22 Å². The van der Waals surface area contributed by atoms with Gasteiger partial charge in [-0.05, 0) is 23.2 Å². The zero-order valence-corrected chi connectivity index (χ0v) is 12.7. The van der Waals surface area contributed by atoms with Crippen molar-refractivity contribution in [1.82, 2.24) is 0 Å². The molecule has 0 aliphatic rings. The van der Waals surface area contributed by atoms with Crippen molar-refractivity contribution in [2.45, 2.75) is 53.8 Å². The van der Waals surface area contributed by atoms with Gasteiger partial charge in [0.05, 0.1) is 0 Å². The van der Waals surface area contributed by atoms with Crippen molar-refractivity contribution in [2.24, 2.45) is 11.8 Å². The molecule has 14 heavy (non-hydrogen) atoms. The summed E-state index contributed by atoms with van der Waals surface area (Å²) in [5.41, 5.74) is 0. The van der Waals surface area contributed by atoms with E-state index in [0.717, 1.165) is 5.92 Å². The topological polar surface area (TPSA) is 0 Å². The monoisotopic (exact) mass is 230 g/mol. The minimum Gasteiger partial charge on any atom is -0.156 e. The van der Waals surface area contributed by atoms with E-state index in [-0.39, 0.29) is 0 Å². The second-order valence-corrected chi connectivity index (χ2v) is 14.9. The lowest BCUT2D eigenvalue weighted by Crippen LogP contribution is -2.14. The van der Waals surface area contributed by atoms with Crippen molar-refractivity contribution >= 4 is 18.4 Å². The molecule has 0 aliphatic heterocycles. The molecule has 0 aliphatic carbocycles. The van der Waals surface area contributed by atoms with Crippen LogP contribution in [-0.2, 0) is 0 Å². The van der Waals surface area contributed by atoms with Crippen LogP contribution in [0.5, 0.6) is 0 Å². The summed E-state index contributed by atoms with van der Waals surface area (Å²) >= 11 is 2.16. The molecule has 0 heterocycles. The fourth-order valence-corrected chi connectivity index (χ4v) is 5.67. The normalized spacial score (nSPS) is 14.2. The van der Waals surface area contributed by atoms with Crippen LogP contribution in [0.1, 0.15) is 34.1 Å². The Morgan fingerprint density at radius 1 is 1.14 bits per heavy atom. The van der Waals surface area contributed by atoms with E-state index in [1.165, 1.54) is 6.42 Å². The fourth-order valence-electron chi connectivity index (χ4n) is 1.31. The molecule has 0 atom stereocenters. The quantitative estimate of drug-likeness (QED) is 0.589. The molecule has 0 unspecified atom stereocenters. The van der Waals surface area contributed by atoms with Crippen molar-refractivity contribution in [3.05, 3.63) is 11.0 Å². The number of allylic oxidation sites excluding steroid dienone is 2. The zero-order valence-electron chi connectivity index (χ0n) is 10.8. The third-order valence-electron chi connectivity index (χ3n) is 1.57. The molecule has 0 rings (SSSR count). The van der Waals surface area contributed by atoms with Gasteiger partial charge in [-0.2, -0.15) is 11.2 Å². The van der Waals surface area contributed by atoms with Gasteiger partial charge < -0.3 is 0 Å². The molecule has 0 fully saturated rings. The van der Waals surface area contributed by atoms with E-state index in [2.05, 4.69) is 64.6 Å². The molecule has 0 aromatic carbocycles. The Balaban J connectivity index is 4.41. The zero-order chi connectivity index (χ0) is 11.4. The first-order valence-corrected chi connectivity index (χ1v) is 10.6. The maximum Gasteiger partial charge on any atom is 0.114 e. The van der Waals surface area contributed by atoms with Gasteiger partial charge in [0.25, 0.3) is 0 Å². The Hall–Kier alpha value is 0.307. The number of hydrogen-bond acceptors (Lipinski definition) is 1. The third kappa shape index (κ3) is 8.89. The third-order valence-corrected chi connectivity index (χ3v) is 5.37. The molecule has 0 nitrogen and oxygen atoms in total. The molecule has 0 saturated heterocycles. The van der Waals surface area contributed by atoms with Gasteiger partial charge in [-0.15, -0.1) is 0 Å². The summed E-state index contributed by atoms with van der Waals surface area (Å²) in [5, 5.41) is 0. The lowest BCUT2D eigenvalue weighted by Gasteiger charge is -2.20. The molecule has 0 amide bonds. The maximum atomic E-state index is 2.45. The predicted octanol–water partition coefficient (Wildman–Crippen LogP) is 5.14. The Bertz CT molecular complexity index is 187. The van der Waals surface area contributed by atoms with Crippen LogP contribution in [0.25, 0.3) is 0 Å². The van der Waals surface area contributed by atoms with Gasteiger partial charge in [-0.25, -0.2) is 0 Å². The van der Waals surface area contributed by atoms with Crippen molar-refractivity contribution in [2.75, 3.05) is 0 Å². The first kappa shape index (κ1) is 14.3. The molecule has 0 aromatic heterocycles. The van der Waals surface area contributed by atoms with Gasteiger partial charge in [0, 0.05) is 0 Å². The van der Waals surface area contributed by atoms with Crippen LogP contribution in [0, 0.1) is 11.8 Å². The van der Waals surface area contributed by atoms with Gasteiger partial charge in [-0.3, -0.25) is 0 Å². The second-order valence-electron chi connectivity index (χ2n) is 5.69. The van der Waals surface area contributed by atoms with Gasteiger partial charge in [0.1, 0.15) is 7.22 Å². The summed E-state index contributed by atoms with van der Waals surface area (Å²) in [7, 11) is -1.01. The summed E-state index contributed by atoms with van der Waals surface area (Å²) in [6, 6.07) is 0. The summed E-state index contributed by atoms with van der Waals surface area (Å²) in [6.07, 6.45) is 3.70. The van der Waals surface area contributed by atoms with Gasteiger partial charge in [0.15, 0.2) is 0 Å². The summed E-state index contributed by atoms with van der Waals surface area (Å²) in [4.78, 5) is 1.62. The van der Waals surface area contributed by atoms with E-state index in [1.54, 1.807) is 4.91 Å². The first-order valence-electron chi connectivity index (χ1n) is 5.60. The highest BCUT2D eigenvalue weighted by atomic mass is 32.4. The molecule has 0 aromatic rings. The van der Waals surface area contributed by atoms with Crippen molar-refractivity contribution < 1.29 is 0 Å². The molecular formula is C12H26SSi. The SMILES string of the molecule is CC(C)/C=C(/CC(C)C)S[Si](C)(C)C. The summed E-state index contributed by atoms with van der Waals surface area (Å²) in [5.74, 6) is 1.47. The van der Waals surface area contributed by atoms with Crippen LogP contribution in [0.3, 0.4) is 0 Å². The van der Waals surface area contributed by atoms with Crippen LogP contribution in [-0.4, -0.2) is 7.22 Å². The molecule has 0 N–H and O–H groups in total. The van der Waals surface area contributed by atoms with Gasteiger partial charge in [0.2, 0.25) is 0 Å². The Labute approximate surface area is 95.2 Å². The van der Waals surface area contributed by atoms with Gasteiger partial charge >= 0.3 is 0 Å². The number of rotatable bonds is 5.